The number of hydrogen-bond donors (Lipinski definition) is 1. The number of benzene rings is 1. The van der Waals surface area contributed by atoms with E-state index in [1.165, 1.54) is 11.8 Å². The largest absolute Gasteiger partial charge is 0.497 e. The summed E-state index contributed by atoms with van der Waals surface area (Å²) in [5.41, 5.74) is 0.565. The molecule has 2 aromatic heterocycles. The summed E-state index contributed by atoms with van der Waals surface area (Å²) in [6.45, 7) is 4.60. The number of thiophene rings is 1. The molecular weight excluding hydrogens is 396 g/mol. The van der Waals surface area contributed by atoms with Crippen LogP contribution in [0.5, 0.6) is 11.5 Å². The van der Waals surface area contributed by atoms with Gasteiger partial charge in [-0.25, -0.2) is 0 Å². The first-order chi connectivity index (χ1) is 13.6. The topological polar surface area (TPSA) is 78.3 Å². The highest BCUT2D eigenvalue weighted by Gasteiger charge is 2.21. The lowest BCUT2D eigenvalue weighted by Crippen LogP contribution is -2.23. The smallest absolute Gasteiger partial charge is 0.237 e. The van der Waals surface area contributed by atoms with Crippen LogP contribution in [0.3, 0.4) is 0 Å². The molecule has 0 saturated heterocycles. The number of nitrogens with one attached hydrogen (secondary N) is 1. The van der Waals surface area contributed by atoms with Gasteiger partial charge in [0.25, 0.3) is 0 Å². The average molecular weight is 419 g/mol. The van der Waals surface area contributed by atoms with Crippen LogP contribution in [0.25, 0.3) is 10.7 Å². The third kappa shape index (κ3) is 4.31. The minimum atomic E-state index is -0.374. The number of thioether (sulfide) groups is 1. The van der Waals surface area contributed by atoms with E-state index in [-0.39, 0.29) is 11.2 Å². The van der Waals surface area contributed by atoms with Gasteiger partial charge in [-0.3, -0.25) is 4.79 Å². The Balaban J connectivity index is 1.75. The summed E-state index contributed by atoms with van der Waals surface area (Å²) in [7, 11) is 3.14. The minimum absolute atomic E-state index is 0.153. The lowest BCUT2D eigenvalue weighted by molar-refractivity contribution is -0.115. The van der Waals surface area contributed by atoms with Crippen molar-refractivity contribution in [1.29, 1.82) is 0 Å². The zero-order valence-corrected chi connectivity index (χ0v) is 17.8. The van der Waals surface area contributed by atoms with Crippen LogP contribution in [0.15, 0.2) is 40.9 Å². The van der Waals surface area contributed by atoms with Crippen LogP contribution in [0.1, 0.15) is 13.8 Å². The van der Waals surface area contributed by atoms with Crippen molar-refractivity contribution in [2.24, 2.45) is 0 Å². The van der Waals surface area contributed by atoms with E-state index in [4.69, 9.17) is 9.47 Å². The Morgan fingerprint density at radius 1 is 1.29 bits per heavy atom. The third-order valence-corrected chi connectivity index (χ3v) is 6.04. The molecule has 3 rings (SSSR count). The SMILES string of the molecule is CCn1c(SC(C)C(=O)Nc2cc(OC)ccc2OC)nnc1-c1cccs1. The monoisotopic (exact) mass is 418 g/mol. The molecule has 0 aliphatic carbocycles. The summed E-state index contributed by atoms with van der Waals surface area (Å²) in [5.74, 6) is 1.88. The molecule has 0 saturated carbocycles. The minimum Gasteiger partial charge on any atom is -0.497 e. The molecule has 0 bridgehead atoms. The highest BCUT2D eigenvalue weighted by molar-refractivity contribution is 8.00. The van der Waals surface area contributed by atoms with Gasteiger partial charge in [0, 0.05) is 12.6 Å². The quantitative estimate of drug-likeness (QED) is 0.554. The first-order valence-corrected chi connectivity index (χ1v) is 10.5. The Labute approximate surface area is 172 Å². The number of ether oxygens (including phenoxy) is 2. The lowest BCUT2D eigenvalue weighted by Gasteiger charge is -2.15. The molecule has 3 aromatic rings. The van der Waals surface area contributed by atoms with Crippen molar-refractivity contribution in [2.45, 2.75) is 30.8 Å². The zero-order chi connectivity index (χ0) is 20.1. The number of hydrogen-bond acceptors (Lipinski definition) is 7. The molecule has 1 amide bonds. The van der Waals surface area contributed by atoms with Gasteiger partial charge in [-0.1, -0.05) is 17.8 Å². The van der Waals surface area contributed by atoms with Gasteiger partial charge in [0.2, 0.25) is 5.91 Å². The molecule has 0 fully saturated rings. The maximum Gasteiger partial charge on any atom is 0.237 e. The Morgan fingerprint density at radius 3 is 2.75 bits per heavy atom. The second-order valence-corrected chi connectivity index (χ2v) is 8.10. The fourth-order valence-corrected chi connectivity index (χ4v) is 4.24. The van der Waals surface area contributed by atoms with Crippen LogP contribution in [-0.2, 0) is 11.3 Å². The molecule has 0 aliphatic heterocycles. The van der Waals surface area contributed by atoms with Gasteiger partial charge in [-0.2, -0.15) is 0 Å². The van der Waals surface area contributed by atoms with Gasteiger partial charge < -0.3 is 19.4 Å². The number of nitrogens with zero attached hydrogens (tertiary/aromatic N) is 3. The predicted octanol–water partition coefficient (Wildman–Crippen LogP) is 4.16. The van der Waals surface area contributed by atoms with E-state index in [2.05, 4.69) is 15.5 Å². The number of aromatic nitrogens is 3. The van der Waals surface area contributed by atoms with Crippen molar-refractivity contribution in [3.05, 3.63) is 35.7 Å². The number of amides is 1. The fourth-order valence-electron chi connectivity index (χ4n) is 2.61. The first kappa shape index (κ1) is 20.2. The van der Waals surface area contributed by atoms with Crippen molar-refractivity contribution in [1.82, 2.24) is 14.8 Å². The Hall–Kier alpha value is -2.52. The summed E-state index contributed by atoms with van der Waals surface area (Å²) in [4.78, 5) is 13.8. The van der Waals surface area contributed by atoms with Crippen LogP contribution in [0.4, 0.5) is 5.69 Å². The van der Waals surface area contributed by atoms with Crippen molar-refractivity contribution < 1.29 is 14.3 Å². The molecule has 1 aromatic carbocycles. The first-order valence-electron chi connectivity index (χ1n) is 8.74. The molecule has 0 spiro atoms. The fraction of sp³-hybridized carbons (Fsp3) is 0.316. The van der Waals surface area contributed by atoms with Gasteiger partial charge in [0.15, 0.2) is 11.0 Å². The molecule has 1 N–H and O–H groups in total. The lowest BCUT2D eigenvalue weighted by atomic mass is 10.2. The van der Waals surface area contributed by atoms with E-state index >= 15 is 0 Å². The molecule has 148 valence electrons. The van der Waals surface area contributed by atoms with Gasteiger partial charge in [0.1, 0.15) is 11.5 Å². The van der Waals surface area contributed by atoms with E-state index < -0.39 is 0 Å². The van der Waals surface area contributed by atoms with Crippen LogP contribution in [-0.4, -0.2) is 40.1 Å². The Morgan fingerprint density at radius 2 is 2.11 bits per heavy atom. The summed E-state index contributed by atoms with van der Waals surface area (Å²) >= 11 is 2.99. The summed E-state index contributed by atoms with van der Waals surface area (Å²) in [6, 6.07) is 9.27. The van der Waals surface area contributed by atoms with E-state index in [1.807, 2.05) is 35.9 Å². The highest BCUT2D eigenvalue weighted by Crippen LogP contribution is 2.32. The molecule has 0 aliphatic rings. The van der Waals surface area contributed by atoms with Crippen LogP contribution < -0.4 is 14.8 Å². The Bertz CT molecular complexity index is 941. The molecule has 28 heavy (non-hydrogen) atoms. The van der Waals surface area contributed by atoms with Crippen molar-refractivity contribution >= 4 is 34.7 Å². The van der Waals surface area contributed by atoms with E-state index in [0.29, 0.717) is 22.3 Å². The highest BCUT2D eigenvalue weighted by atomic mass is 32.2. The van der Waals surface area contributed by atoms with Crippen LogP contribution in [0, 0.1) is 0 Å². The zero-order valence-electron chi connectivity index (χ0n) is 16.1. The average Bonchev–Trinajstić information content (AvgIpc) is 3.37. The summed E-state index contributed by atoms with van der Waals surface area (Å²) < 4.78 is 12.6. The number of rotatable bonds is 8. The number of anilines is 1. The van der Waals surface area contributed by atoms with E-state index in [9.17, 15) is 4.79 Å². The van der Waals surface area contributed by atoms with Gasteiger partial charge in [-0.15, -0.1) is 21.5 Å². The van der Waals surface area contributed by atoms with E-state index in [0.717, 1.165) is 17.2 Å². The maximum atomic E-state index is 12.7. The molecule has 7 nitrogen and oxygen atoms in total. The van der Waals surface area contributed by atoms with Crippen molar-refractivity contribution in [3.63, 3.8) is 0 Å². The van der Waals surface area contributed by atoms with Crippen molar-refractivity contribution in [3.8, 4) is 22.2 Å². The van der Waals surface area contributed by atoms with Crippen LogP contribution >= 0.6 is 23.1 Å². The second kappa shape index (κ2) is 9.11. The summed E-state index contributed by atoms with van der Waals surface area (Å²) in [6.07, 6.45) is 0. The van der Waals surface area contributed by atoms with Crippen LogP contribution in [0.2, 0.25) is 0 Å². The van der Waals surface area contributed by atoms with E-state index in [1.54, 1.807) is 43.8 Å². The number of carbonyl (C=O) groups excluding carboxylic acids is 1. The third-order valence-electron chi connectivity index (χ3n) is 4.09. The normalized spacial score (nSPS) is 11.9. The molecule has 0 radical (unpaired) electrons. The molecule has 1 atom stereocenters. The second-order valence-electron chi connectivity index (χ2n) is 5.84. The predicted molar refractivity (Wildman–Crippen MR) is 113 cm³/mol. The molecule has 9 heteroatoms. The molecular formula is C19H22N4O3S2. The maximum absolute atomic E-state index is 12.7. The molecule has 2 heterocycles. The van der Waals surface area contributed by atoms with Gasteiger partial charge in [-0.05, 0) is 37.4 Å². The molecule has 1 unspecified atom stereocenters. The Kier molecular flexibility index (Phi) is 6.58. The van der Waals surface area contributed by atoms with Crippen molar-refractivity contribution in [2.75, 3.05) is 19.5 Å². The number of methoxy groups -OCH3 is 2. The van der Waals surface area contributed by atoms with Gasteiger partial charge >= 0.3 is 0 Å². The standard InChI is InChI=1S/C19H22N4O3S2/c1-5-23-17(16-7-6-10-27-16)21-22-19(23)28-12(2)18(24)20-14-11-13(25-3)8-9-15(14)26-4/h6-12H,5H2,1-4H3,(H,20,24). The summed E-state index contributed by atoms with van der Waals surface area (Å²) in [5, 5.41) is 13.9. The van der Waals surface area contributed by atoms with Gasteiger partial charge in [0.05, 0.1) is 30.0 Å². The number of carbonyl (C=O) groups is 1.